The summed E-state index contributed by atoms with van der Waals surface area (Å²) >= 11 is 0. The van der Waals surface area contributed by atoms with Gasteiger partial charge in [-0.25, -0.2) is 0 Å². The van der Waals surface area contributed by atoms with Crippen LogP contribution in [-0.4, -0.2) is 10.9 Å². The molecule has 0 radical (unpaired) electrons. The van der Waals surface area contributed by atoms with Crippen molar-refractivity contribution in [1.82, 2.24) is 10.3 Å². The van der Waals surface area contributed by atoms with Gasteiger partial charge < -0.3 is 10.3 Å². The van der Waals surface area contributed by atoms with Crippen LogP contribution in [0.4, 0.5) is 0 Å². The molecule has 1 aromatic rings. The molecule has 3 rings (SSSR count). The average Bonchev–Trinajstić information content (AvgIpc) is 2.54. The van der Waals surface area contributed by atoms with Crippen LogP contribution in [-0.2, 0) is 11.2 Å². The Morgan fingerprint density at radius 2 is 1.95 bits per heavy atom. The van der Waals surface area contributed by atoms with Gasteiger partial charge in [0.05, 0.1) is 6.04 Å². The Morgan fingerprint density at radius 1 is 1.14 bits per heavy atom. The number of carbonyl (C=O) groups is 1. The molecule has 1 fully saturated rings. The highest BCUT2D eigenvalue weighted by atomic mass is 16.1. The number of hydrogen-bond donors (Lipinski definition) is 2. The Kier molecular flexibility index (Phi) is 4.96. The highest BCUT2D eigenvalue weighted by Gasteiger charge is 2.23. The van der Waals surface area contributed by atoms with E-state index in [9.17, 15) is 9.59 Å². The van der Waals surface area contributed by atoms with E-state index in [1.807, 2.05) is 6.07 Å². The van der Waals surface area contributed by atoms with E-state index in [1.165, 1.54) is 32.1 Å². The quantitative estimate of drug-likeness (QED) is 0.897. The molecule has 0 saturated heterocycles. The minimum absolute atomic E-state index is 0.0528. The maximum absolute atomic E-state index is 12.2. The molecule has 1 saturated carbocycles. The van der Waals surface area contributed by atoms with E-state index >= 15 is 0 Å². The van der Waals surface area contributed by atoms with Crippen LogP contribution in [0.25, 0.3) is 0 Å². The molecule has 1 aromatic heterocycles. The fourth-order valence-corrected chi connectivity index (χ4v) is 3.93. The van der Waals surface area contributed by atoms with Gasteiger partial charge >= 0.3 is 0 Å². The summed E-state index contributed by atoms with van der Waals surface area (Å²) in [6.45, 7) is 0. The molecule has 2 aliphatic rings. The molecule has 4 heteroatoms. The largest absolute Gasteiger partial charge is 0.349 e. The summed E-state index contributed by atoms with van der Waals surface area (Å²) in [6.07, 6.45) is 11.2. The van der Waals surface area contributed by atoms with Gasteiger partial charge in [0.15, 0.2) is 0 Å². The van der Waals surface area contributed by atoms with Crippen molar-refractivity contribution < 1.29 is 4.79 Å². The third kappa shape index (κ3) is 3.79. The molecular weight excluding hydrogens is 276 g/mol. The SMILES string of the molecule is O=C(CCC1CCCCC1)N[C@H]1CCCc2[nH]c(=O)ccc21. The molecule has 22 heavy (non-hydrogen) atoms. The van der Waals surface area contributed by atoms with Gasteiger partial charge in [0, 0.05) is 18.2 Å². The molecule has 0 spiro atoms. The van der Waals surface area contributed by atoms with Crippen molar-refractivity contribution in [3.05, 3.63) is 33.7 Å². The number of fused-ring (bicyclic) bond motifs is 1. The fourth-order valence-electron chi connectivity index (χ4n) is 3.93. The number of H-pyrrole nitrogens is 1. The lowest BCUT2D eigenvalue weighted by Gasteiger charge is -2.26. The smallest absolute Gasteiger partial charge is 0.248 e. The van der Waals surface area contributed by atoms with Crippen molar-refractivity contribution in [3.63, 3.8) is 0 Å². The second-order valence-corrected chi connectivity index (χ2v) is 6.81. The Balaban J connectivity index is 1.55. The molecule has 1 atom stereocenters. The van der Waals surface area contributed by atoms with Gasteiger partial charge in [0.2, 0.25) is 11.5 Å². The molecule has 2 aliphatic carbocycles. The van der Waals surface area contributed by atoms with Crippen molar-refractivity contribution in [2.24, 2.45) is 5.92 Å². The van der Waals surface area contributed by atoms with E-state index in [0.29, 0.717) is 6.42 Å². The lowest BCUT2D eigenvalue weighted by molar-refractivity contribution is -0.122. The molecule has 2 N–H and O–H groups in total. The van der Waals surface area contributed by atoms with Gasteiger partial charge in [-0.2, -0.15) is 0 Å². The Bertz CT molecular complexity index is 573. The van der Waals surface area contributed by atoms with Crippen molar-refractivity contribution >= 4 is 5.91 Å². The number of rotatable bonds is 4. The minimum Gasteiger partial charge on any atom is -0.349 e. The van der Waals surface area contributed by atoms with E-state index in [1.54, 1.807) is 6.07 Å². The number of pyridine rings is 1. The predicted molar refractivity (Wildman–Crippen MR) is 86.7 cm³/mol. The molecule has 0 bridgehead atoms. The summed E-state index contributed by atoms with van der Waals surface area (Å²) in [4.78, 5) is 26.6. The number of aryl methyl sites for hydroxylation is 1. The van der Waals surface area contributed by atoms with Gasteiger partial charge in [-0.1, -0.05) is 32.1 Å². The first-order valence-corrected chi connectivity index (χ1v) is 8.74. The molecular formula is C18H26N2O2. The van der Waals surface area contributed by atoms with E-state index in [4.69, 9.17) is 0 Å². The van der Waals surface area contributed by atoms with Crippen LogP contribution in [0.1, 0.15) is 75.1 Å². The summed E-state index contributed by atoms with van der Waals surface area (Å²) < 4.78 is 0. The summed E-state index contributed by atoms with van der Waals surface area (Å²) in [6, 6.07) is 3.50. The summed E-state index contributed by atoms with van der Waals surface area (Å²) in [5.41, 5.74) is 2.04. The first-order chi connectivity index (χ1) is 10.7. The monoisotopic (exact) mass is 302 g/mol. The number of nitrogens with one attached hydrogen (secondary N) is 2. The van der Waals surface area contributed by atoms with E-state index in [2.05, 4.69) is 10.3 Å². The Labute approximate surface area is 131 Å². The number of aromatic nitrogens is 1. The third-order valence-corrected chi connectivity index (χ3v) is 5.17. The van der Waals surface area contributed by atoms with Gasteiger partial charge in [-0.15, -0.1) is 0 Å². The van der Waals surface area contributed by atoms with Gasteiger partial charge in [0.1, 0.15) is 0 Å². The van der Waals surface area contributed by atoms with E-state index in [0.717, 1.165) is 42.9 Å². The zero-order chi connectivity index (χ0) is 15.4. The first kappa shape index (κ1) is 15.3. The number of amides is 1. The van der Waals surface area contributed by atoms with Crippen LogP contribution in [0.2, 0.25) is 0 Å². The second-order valence-electron chi connectivity index (χ2n) is 6.81. The van der Waals surface area contributed by atoms with Crippen LogP contribution >= 0.6 is 0 Å². The van der Waals surface area contributed by atoms with Crippen molar-refractivity contribution in [1.29, 1.82) is 0 Å². The maximum atomic E-state index is 12.2. The van der Waals surface area contributed by atoms with Gasteiger partial charge in [-0.3, -0.25) is 9.59 Å². The van der Waals surface area contributed by atoms with Crippen LogP contribution in [0.5, 0.6) is 0 Å². The zero-order valence-electron chi connectivity index (χ0n) is 13.2. The zero-order valence-corrected chi connectivity index (χ0v) is 13.2. The van der Waals surface area contributed by atoms with Gasteiger partial charge in [0.25, 0.3) is 0 Å². The molecule has 4 nitrogen and oxygen atoms in total. The average molecular weight is 302 g/mol. The molecule has 1 amide bonds. The molecule has 0 aromatic carbocycles. The van der Waals surface area contributed by atoms with Crippen LogP contribution < -0.4 is 10.9 Å². The van der Waals surface area contributed by atoms with Crippen molar-refractivity contribution in [2.75, 3.05) is 0 Å². The van der Waals surface area contributed by atoms with Crippen LogP contribution in [0.3, 0.4) is 0 Å². The summed E-state index contributed by atoms with van der Waals surface area (Å²) in [7, 11) is 0. The van der Waals surface area contributed by atoms with Crippen LogP contribution in [0.15, 0.2) is 16.9 Å². The van der Waals surface area contributed by atoms with E-state index in [-0.39, 0.29) is 17.5 Å². The van der Waals surface area contributed by atoms with Crippen LogP contribution in [0, 0.1) is 5.92 Å². The number of aromatic amines is 1. The topological polar surface area (TPSA) is 62.0 Å². The second kappa shape index (κ2) is 7.12. The van der Waals surface area contributed by atoms with E-state index < -0.39 is 0 Å². The predicted octanol–water partition coefficient (Wildman–Crippen LogP) is 3.23. The normalized spacial score (nSPS) is 22.1. The Hall–Kier alpha value is -1.58. The van der Waals surface area contributed by atoms with Crippen molar-refractivity contribution in [2.45, 2.75) is 70.3 Å². The minimum atomic E-state index is -0.0528. The lowest BCUT2D eigenvalue weighted by Crippen LogP contribution is -2.32. The Morgan fingerprint density at radius 3 is 2.77 bits per heavy atom. The lowest BCUT2D eigenvalue weighted by atomic mass is 9.86. The summed E-state index contributed by atoms with van der Waals surface area (Å²) in [5.74, 6) is 0.907. The standard InChI is InChI=1S/C18H26N2O2/c21-17(11-9-13-5-2-1-3-6-13)19-15-7-4-8-16-14(15)10-12-18(22)20-16/h10,12-13,15H,1-9,11H2,(H,19,21)(H,20,22)/t15-/m0/s1. The molecule has 1 heterocycles. The molecule has 0 unspecified atom stereocenters. The summed E-state index contributed by atoms with van der Waals surface area (Å²) in [5, 5.41) is 3.17. The van der Waals surface area contributed by atoms with Gasteiger partial charge in [-0.05, 0) is 43.2 Å². The number of hydrogen-bond acceptors (Lipinski definition) is 2. The van der Waals surface area contributed by atoms with Crippen molar-refractivity contribution in [3.8, 4) is 0 Å². The highest BCUT2D eigenvalue weighted by molar-refractivity contribution is 5.76. The third-order valence-electron chi connectivity index (χ3n) is 5.17. The molecule has 0 aliphatic heterocycles. The first-order valence-electron chi connectivity index (χ1n) is 8.74. The number of carbonyl (C=O) groups excluding carboxylic acids is 1. The maximum Gasteiger partial charge on any atom is 0.248 e. The fraction of sp³-hybridized carbons (Fsp3) is 0.667. The molecule has 120 valence electrons. The highest BCUT2D eigenvalue weighted by Crippen LogP contribution is 2.29.